The first-order chi connectivity index (χ1) is 7.56. The number of amides is 1. The van der Waals surface area contributed by atoms with E-state index in [0.717, 1.165) is 5.69 Å². The summed E-state index contributed by atoms with van der Waals surface area (Å²) in [4.78, 5) is 15.7. The predicted octanol–water partition coefficient (Wildman–Crippen LogP) is 0.593. The molecule has 84 valence electrons. The second-order valence-electron chi connectivity index (χ2n) is 3.62. The second kappa shape index (κ2) is 3.73. The number of carbonyl (C=O) groups excluding carboxylic acids is 1. The molecule has 2 heterocycles. The van der Waals surface area contributed by atoms with E-state index >= 15 is 0 Å². The number of nitrogens with one attached hydrogen (secondary N) is 1. The molecule has 0 saturated carbocycles. The standard InChI is InChI=1S/C10H13N5O/c1-14-4-3-7(5-14)12-10(16)9-13-8(11)6-15(9)2/h3-6H,11H2,1-2H3,(H,12,16). The Morgan fingerprint density at radius 2 is 2.19 bits per heavy atom. The molecule has 0 bridgehead atoms. The zero-order chi connectivity index (χ0) is 11.7. The number of nitrogens with zero attached hydrogens (tertiary/aromatic N) is 3. The van der Waals surface area contributed by atoms with Crippen molar-refractivity contribution < 1.29 is 4.79 Å². The zero-order valence-corrected chi connectivity index (χ0v) is 9.14. The summed E-state index contributed by atoms with van der Waals surface area (Å²) in [6.07, 6.45) is 5.26. The minimum atomic E-state index is -0.273. The molecule has 0 aliphatic carbocycles. The molecule has 6 nitrogen and oxygen atoms in total. The van der Waals surface area contributed by atoms with Crippen LogP contribution in [0.4, 0.5) is 11.5 Å². The van der Waals surface area contributed by atoms with Gasteiger partial charge in [0.25, 0.3) is 5.91 Å². The van der Waals surface area contributed by atoms with Gasteiger partial charge in [0.1, 0.15) is 5.82 Å². The van der Waals surface area contributed by atoms with Crippen molar-refractivity contribution in [3.63, 3.8) is 0 Å². The van der Waals surface area contributed by atoms with E-state index in [1.807, 2.05) is 30.1 Å². The molecule has 1 amide bonds. The summed E-state index contributed by atoms with van der Waals surface area (Å²) in [5.41, 5.74) is 6.23. The summed E-state index contributed by atoms with van der Waals surface area (Å²) in [5.74, 6) is 0.354. The number of hydrogen-bond donors (Lipinski definition) is 2. The van der Waals surface area contributed by atoms with E-state index < -0.39 is 0 Å². The van der Waals surface area contributed by atoms with Gasteiger partial charge >= 0.3 is 0 Å². The molecule has 0 radical (unpaired) electrons. The maximum absolute atomic E-state index is 11.8. The normalized spacial score (nSPS) is 10.4. The summed E-state index contributed by atoms with van der Waals surface area (Å²) < 4.78 is 3.44. The smallest absolute Gasteiger partial charge is 0.291 e. The number of carbonyl (C=O) groups is 1. The Morgan fingerprint density at radius 3 is 2.69 bits per heavy atom. The third-order valence-electron chi connectivity index (χ3n) is 2.19. The molecule has 0 fully saturated rings. The molecule has 0 spiro atoms. The Labute approximate surface area is 92.7 Å². The van der Waals surface area contributed by atoms with Crippen LogP contribution in [-0.4, -0.2) is 20.0 Å². The van der Waals surface area contributed by atoms with Gasteiger partial charge in [-0.3, -0.25) is 4.79 Å². The van der Waals surface area contributed by atoms with Crippen molar-refractivity contribution in [3.05, 3.63) is 30.5 Å². The Hall–Kier alpha value is -2.24. The summed E-state index contributed by atoms with van der Waals surface area (Å²) in [5, 5.41) is 2.73. The van der Waals surface area contributed by atoms with Crippen LogP contribution < -0.4 is 11.1 Å². The van der Waals surface area contributed by atoms with Crippen LogP contribution in [0, 0.1) is 0 Å². The van der Waals surface area contributed by atoms with Gasteiger partial charge in [-0.1, -0.05) is 0 Å². The molecule has 0 saturated heterocycles. The zero-order valence-electron chi connectivity index (χ0n) is 9.14. The first kappa shape index (κ1) is 10.3. The van der Waals surface area contributed by atoms with Crippen molar-refractivity contribution in [2.75, 3.05) is 11.1 Å². The van der Waals surface area contributed by atoms with Crippen molar-refractivity contribution in [3.8, 4) is 0 Å². The van der Waals surface area contributed by atoms with E-state index in [9.17, 15) is 4.79 Å². The van der Waals surface area contributed by atoms with Crippen LogP contribution in [-0.2, 0) is 14.1 Å². The van der Waals surface area contributed by atoms with Crippen molar-refractivity contribution >= 4 is 17.4 Å². The van der Waals surface area contributed by atoms with Crippen LogP contribution in [0.1, 0.15) is 10.6 Å². The fraction of sp³-hybridized carbons (Fsp3) is 0.200. The number of anilines is 2. The Kier molecular flexibility index (Phi) is 2.40. The van der Waals surface area contributed by atoms with Gasteiger partial charge in [0, 0.05) is 32.7 Å². The van der Waals surface area contributed by atoms with Gasteiger partial charge in [-0.25, -0.2) is 4.98 Å². The maximum Gasteiger partial charge on any atom is 0.291 e. The van der Waals surface area contributed by atoms with Gasteiger partial charge in [0.2, 0.25) is 5.82 Å². The molecule has 0 aromatic carbocycles. The van der Waals surface area contributed by atoms with Crippen LogP contribution in [0.25, 0.3) is 0 Å². The second-order valence-corrected chi connectivity index (χ2v) is 3.62. The third kappa shape index (κ3) is 1.90. The van der Waals surface area contributed by atoms with Gasteiger partial charge in [-0.2, -0.15) is 0 Å². The van der Waals surface area contributed by atoms with Crippen molar-refractivity contribution in [2.45, 2.75) is 0 Å². The number of aromatic nitrogens is 3. The van der Waals surface area contributed by atoms with Gasteiger partial charge in [0.15, 0.2) is 0 Å². The van der Waals surface area contributed by atoms with Gasteiger partial charge in [-0.05, 0) is 6.07 Å². The highest BCUT2D eigenvalue weighted by Crippen LogP contribution is 2.09. The minimum Gasteiger partial charge on any atom is -0.382 e. The van der Waals surface area contributed by atoms with Crippen molar-refractivity contribution in [1.82, 2.24) is 14.1 Å². The predicted molar refractivity (Wildman–Crippen MR) is 61.0 cm³/mol. The van der Waals surface area contributed by atoms with Gasteiger partial charge in [-0.15, -0.1) is 0 Å². The molecule has 6 heteroatoms. The summed E-state index contributed by atoms with van der Waals surface area (Å²) in [6.45, 7) is 0. The molecule has 16 heavy (non-hydrogen) atoms. The molecule has 2 rings (SSSR count). The third-order valence-corrected chi connectivity index (χ3v) is 2.19. The molecule has 2 aromatic rings. The molecule has 0 aliphatic heterocycles. The monoisotopic (exact) mass is 219 g/mol. The number of nitrogens with two attached hydrogens (primary N) is 1. The molecular weight excluding hydrogens is 206 g/mol. The molecular formula is C10H13N5O. The largest absolute Gasteiger partial charge is 0.382 e. The first-order valence-corrected chi connectivity index (χ1v) is 4.78. The molecule has 3 N–H and O–H groups in total. The summed E-state index contributed by atoms with van der Waals surface area (Å²) in [6, 6.07) is 1.81. The average molecular weight is 219 g/mol. The SMILES string of the molecule is Cn1ccc(NC(=O)c2nc(N)cn2C)c1. The van der Waals surface area contributed by atoms with Crippen LogP contribution in [0.5, 0.6) is 0 Å². The first-order valence-electron chi connectivity index (χ1n) is 4.78. The quantitative estimate of drug-likeness (QED) is 0.776. The van der Waals surface area contributed by atoms with Crippen LogP contribution in [0.2, 0.25) is 0 Å². The Balaban J connectivity index is 2.17. The summed E-state index contributed by atoms with van der Waals surface area (Å²) in [7, 11) is 3.61. The van der Waals surface area contributed by atoms with Crippen molar-refractivity contribution in [1.29, 1.82) is 0 Å². The number of hydrogen-bond acceptors (Lipinski definition) is 3. The maximum atomic E-state index is 11.8. The van der Waals surface area contributed by atoms with E-state index in [4.69, 9.17) is 5.73 Å². The van der Waals surface area contributed by atoms with E-state index in [-0.39, 0.29) is 5.91 Å². The van der Waals surface area contributed by atoms with Crippen LogP contribution in [0.3, 0.4) is 0 Å². The van der Waals surface area contributed by atoms with Gasteiger partial charge in [0.05, 0.1) is 5.69 Å². The molecule has 0 unspecified atom stereocenters. The van der Waals surface area contributed by atoms with Gasteiger partial charge < -0.3 is 20.2 Å². The lowest BCUT2D eigenvalue weighted by Gasteiger charge is -2.01. The van der Waals surface area contributed by atoms with E-state index in [0.29, 0.717) is 11.6 Å². The number of nitrogen functional groups attached to an aromatic ring is 1. The molecule has 0 atom stereocenters. The highest BCUT2D eigenvalue weighted by molar-refractivity contribution is 6.02. The van der Waals surface area contributed by atoms with Crippen molar-refractivity contribution in [2.24, 2.45) is 14.1 Å². The average Bonchev–Trinajstić information content (AvgIpc) is 2.73. The lowest BCUT2D eigenvalue weighted by Crippen LogP contribution is -2.16. The molecule has 2 aromatic heterocycles. The topological polar surface area (TPSA) is 77.9 Å². The highest BCUT2D eigenvalue weighted by Gasteiger charge is 2.13. The van der Waals surface area contributed by atoms with Crippen LogP contribution in [0.15, 0.2) is 24.7 Å². The number of aryl methyl sites for hydroxylation is 2. The Bertz CT molecular complexity index is 525. The highest BCUT2D eigenvalue weighted by atomic mass is 16.2. The fourth-order valence-corrected chi connectivity index (χ4v) is 1.46. The lowest BCUT2D eigenvalue weighted by atomic mass is 10.4. The van der Waals surface area contributed by atoms with Crippen LogP contribution >= 0.6 is 0 Å². The molecule has 0 aliphatic rings. The number of imidazole rings is 1. The Morgan fingerprint density at radius 1 is 1.44 bits per heavy atom. The summed E-state index contributed by atoms with van der Waals surface area (Å²) >= 11 is 0. The van der Waals surface area contributed by atoms with E-state index in [1.54, 1.807) is 17.8 Å². The fourth-order valence-electron chi connectivity index (χ4n) is 1.46. The van der Waals surface area contributed by atoms with E-state index in [2.05, 4.69) is 10.3 Å². The minimum absolute atomic E-state index is 0.273. The number of rotatable bonds is 2. The lowest BCUT2D eigenvalue weighted by molar-refractivity contribution is 0.101. The van der Waals surface area contributed by atoms with E-state index in [1.165, 1.54) is 0 Å².